The maximum atomic E-state index is 10.8. The molecule has 1 rings (SSSR count). The number of rotatable bonds is 5. The number of hydrogen-bond acceptors (Lipinski definition) is 4. The van der Waals surface area contributed by atoms with Gasteiger partial charge < -0.3 is 14.2 Å². The number of methoxy groups -OCH3 is 2. The molecule has 0 unspecified atom stereocenters. The summed E-state index contributed by atoms with van der Waals surface area (Å²) in [5, 5.41) is 0. The second-order valence-electron chi connectivity index (χ2n) is 2.88. The molecule has 0 bridgehead atoms. The topological polar surface area (TPSA) is 44.8 Å². The second kappa shape index (κ2) is 6.03. The van der Waals surface area contributed by atoms with E-state index in [-0.39, 0.29) is 12.6 Å². The minimum atomic E-state index is -0.384. The van der Waals surface area contributed by atoms with E-state index in [0.717, 1.165) is 11.3 Å². The quantitative estimate of drug-likeness (QED) is 0.689. The molecular weight excluding hydrogens is 196 g/mol. The normalized spacial score (nSPS) is 9.73. The standard InChI is InChI=1S/C11H14O4/c1-13-10-6-4-3-5-9(10)7-15-8-11(12)14-2/h3-6H,7-8H2,1-2H3. The summed E-state index contributed by atoms with van der Waals surface area (Å²) >= 11 is 0. The SMILES string of the molecule is COC(=O)COCc1ccccc1OC. The summed E-state index contributed by atoms with van der Waals surface area (Å²) in [4.78, 5) is 10.8. The van der Waals surface area contributed by atoms with E-state index in [1.54, 1.807) is 7.11 Å². The number of benzene rings is 1. The van der Waals surface area contributed by atoms with E-state index >= 15 is 0 Å². The van der Waals surface area contributed by atoms with Crippen LogP contribution in [-0.2, 0) is 20.9 Å². The molecule has 4 heteroatoms. The summed E-state index contributed by atoms with van der Waals surface area (Å²) < 4.78 is 14.7. The highest BCUT2D eigenvalue weighted by molar-refractivity contribution is 5.70. The van der Waals surface area contributed by atoms with Crippen molar-refractivity contribution in [2.75, 3.05) is 20.8 Å². The van der Waals surface area contributed by atoms with Gasteiger partial charge in [-0.25, -0.2) is 4.79 Å². The molecule has 0 aromatic heterocycles. The average Bonchev–Trinajstić information content (AvgIpc) is 2.29. The van der Waals surface area contributed by atoms with Gasteiger partial charge in [-0.1, -0.05) is 18.2 Å². The molecular formula is C11H14O4. The summed E-state index contributed by atoms with van der Waals surface area (Å²) in [7, 11) is 2.92. The van der Waals surface area contributed by atoms with E-state index in [9.17, 15) is 4.79 Å². The minimum Gasteiger partial charge on any atom is -0.496 e. The van der Waals surface area contributed by atoms with Crippen molar-refractivity contribution in [2.45, 2.75) is 6.61 Å². The molecule has 0 amide bonds. The van der Waals surface area contributed by atoms with Gasteiger partial charge in [-0.05, 0) is 6.07 Å². The van der Waals surface area contributed by atoms with Gasteiger partial charge in [-0.2, -0.15) is 0 Å². The fourth-order valence-electron chi connectivity index (χ4n) is 1.13. The molecule has 0 saturated carbocycles. The molecule has 1 aromatic carbocycles. The first kappa shape index (κ1) is 11.5. The zero-order valence-electron chi connectivity index (χ0n) is 8.86. The highest BCUT2D eigenvalue weighted by atomic mass is 16.6. The van der Waals surface area contributed by atoms with Crippen LogP contribution in [0.5, 0.6) is 5.75 Å². The molecule has 0 spiro atoms. The van der Waals surface area contributed by atoms with E-state index in [4.69, 9.17) is 9.47 Å². The lowest BCUT2D eigenvalue weighted by Gasteiger charge is -2.07. The van der Waals surface area contributed by atoms with Gasteiger partial charge >= 0.3 is 5.97 Å². The zero-order valence-corrected chi connectivity index (χ0v) is 8.86. The van der Waals surface area contributed by atoms with Crippen molar-refractivity contribution in [1.29, 1.82) is 0 Å². The fourth-order valence-corrected chi connectivity index (χ4v) is 1.13. The minimum absolute atomic E-state index is 0.0471. The second-order valence-corrected chi connectivity index (χ2v) is 2.88. The molecule has 1 aromatic rings. The average molecular weight is 210 g/mol. The van der Waals surface area contributed by atoms with Crippen LogP contribution in [0.3, 0.4) is 0 Å². The van der Waals surface area contributed by atoms with Crippen molar-refractivity contribution in [3.63, 3.8) is 0 Å². The van der Waals surface area contributed by atoms with Gasteiger partial charge in [0, 0.05) is 5.56 Å². The highest BCUT2D eigenvalue weighted by Crippen LogP contribution is 2.17. The van der Waals surface area contributed by atoms with E-state index in [2.05, 4.69) is 4.74 Å². The summed E-state index contributed by atoms with van der Waals surface area (Å²) in [5.41, 5.74) is 0.906. The zero-order chi connectivity index (χ0) is 11.1. The molecule has 0 N–H and O–H groups in total. The number of carbonyl (C=O) groups excluding carboxylic acids is 1. The molecule has 0 saturated heterocycles. The molecule has 0 aliphatic carbocycles. The van der Waals surface area contributed by atoms with Gasteiger partial charge in [-0.3, -0.25) is 0 Å². The molecule has 0 fully saturated rings. The van der Waals surface area contributed by atoms with Crippen LogP contribution < -0.4 is 4.74 Å². The lowest BCUT2D eigenvalue weighted by molar-refractivity contribution is -0.146. The van der Waals surface area contributed by atoms with Crippen molar-refractivity contribution >= 4 is 5.97 Å². The predicted molar refractivity (Wildman–Crippen MR) is 54.7 cm³/mol. The summed E-state index contributed by atoms with van der Waals surface area (Å²) in [6.45, 7) is 0.285. The van der Waals surface area contributed by atoms with Crippen molar-refractivity contribution < 1.29 is 19.0 Å². The summed E-state index contributed by atoms with van der Waals surface area (Å²) in [5.74, 6) is 0.368. The van der Waals surface area contributed by atoms with Crippen LogP contribution in [-0.4, -0.2) is 26.8 Å². The van der Waals surface area contributed by atoms with E-state index in [0.29, 0.717) is 6.61 Å². The van der Waals surface area contributed by atoms with Crippen molar-refractivity contribution in [3.05, 3.63) is 29.8 Å². The third-order valence-electron chi connectivity index (χ3n) is 1.90. The summed E-state index contributed by atoms with van der Waals surface area (Å²) in [6, 6.07) is 7.49. The number of ether oxygens (including phenoxy) is 3. The monoisotopic (exact) mass is 210 g/mol. The number of para-hydroxylation sites is 1. The van der Waals surface area contributed by atoms with Gasteiger partial charge in [0.25, 0.3) is 0 Å². The smallest absolute Gasteiger partial charge is 0.331 e. The van der Waals surface area contributed by atoms with Crippen LogP contribution in [0.1, 0.15) is 5.56 Å². The Hall–Kier alpha value is -1.55. The molecule has 0 aliphatic rings. The molecule has 4 nitrogen and oxygen atoms in total. The van der Waals surface area contributed by atoms with Crippen LogP contribution in [0, 0.1) is 0 Å². The molecule has 82 valence electrons. The Bertz CT molecular complexity index is 322. The van der Waals surface area contributed by atoms with E-state index in [1.165, 1.54) is 7.11 Å². The predicted octanol–water partition coefficient (Wildman–Crippen LogP) is 1.38. The lowest BCUT2D eigenvalue weighted by Crippen LogP contribution is -2.10. The Morgan fingerprint density at radius 2 is 2.00 bits per heavy atom. The Kier molecular flexibility index (Phi) is 4.63. The summed E-state index contributed by atoms with van der Waals surface area (Å²) in [6.07, 6.45) is 0. The first-order valence-corrected chi connectivity index (χ1v) is 4.54. The van der Waals surface area contributed by atoms with Crippen LogP contribution >= 0.6 is 0 Å². The number of esters is 1. The molecule has 0 aliphatic heterocycles. The Balaban J connectivity index is 2.46. The maximum Gasteiger partial charge on any atom is 0.331 e. The van der Waals surface area contributed by atoms with Crippen LogP contribution in [0.2, 0.25) is 0 Å². The van der Waals surface area contributed by atoms with Crippen LogP contribution in [0.25, 0.3) is 0 Å². The molecule has 0 atom stereocenters. The number of carbonyl (C=O) groups is 1. The molecule has 15 heavy (non-hydrogen) atoms. The lowest BCUT2D eigenvalue weighted by atomic mass is 10.2. The van der Waals surface area contributed by atoms with Crippen LogP contribution in [0.15, 0.2) is 24.3 Å². The van der Waals surface area contributed by atoms with Gasteiger partial charge in [-0.15, -0.1) is 0 Å². The van der Waals surface area contributed by atoms with Gasteiger partial charge in [0.2, 0.25) is 0 Å². The van der Waals surface area contributed by atoms with Gasteiger partial charge in [0.15, 0.2) is 0 Å². The van der Waals surface area contributed by atoms with Crippen molar-refractivity contribution in [2.24, 2.45) is 0 Å². The maximum absolute atomic E-state index is 10.8. The van der Waals surface area contributed by atoms with Gasteiger partial charge in [0.05, 0.1) is 20.8 Å². The Morgan fingerprint density at radius 3 is 2.67 bits per heavy atom. The molecule has 0 heterocycles. The molecule has 0 radical (unpaired) electrons. The first-order chi connectivity index (χ1) is 7.27. The third-order valence-corrected chi connectivity index (χ3v) is 1.90. The largest absolute Gasteiger partial charge is 0.496 e. The Morgan fingerprint density at radius 1 is 1.27 bits per heavy atom. The fraction of sp³-hybridized carbons (Fsp3) is 0.364. The Labute approximate surface area is 88.8 Å². The number of hydrogen-bond donors (Lipinski definition) is 0. The van der Waals surface area contributed by atoms with Crippen molar-refractivity contribution in [3.8, 4) is 5.75 Å². The van der Waals surface area contributed by atoms with Crippen LogP contribution in [0.4, 0.5) is 0 Å². The third kappa shape index (κ3) is 3.59. The van der Waals surface area contributed by atoms with Gasteiger partial charge in [0.1, 0.15) is 12.4 Å². The van der Waals surface area contributed by atoms with E-state index in [1.807, 2.05) is 24.3 Å². The highest BCUT2D eigenvalue weighted by Gasteiger charge is 2.04. The first-order valence-electron chi connectivity index (χ1n) is 4.54. The van der Waals surface area contributed by atoms with E-state index < -0.39 is 0 Å². The van der Waals surface area contributed by atoms with Crippen molar-refractivity contribution in [1.82, 2.24) is 0 Å².